The largest absolute Gasteiger partial charge is 0.422 e. The minimum absolute atomic E-state index is 0.180. The van der Waals surface area contributed by atoms with Crippen molar-refractivity contribution in [3.63, 3.8) is 0 Å². The molecule has 0 aliphatic rings. The maximum absolute atomic E-state index is 14.3. The number of rotatable bonds is 5. The van der Waals surface area contributed by atoms with Gasteiger partial charge in [0.05, 0.1) is 0 Å². The van der Waals surface area contributed by atoms with Gasteiger partial charge in [0.1, 0.15) is 23.0 Å². The van der Waals surface area contributed by atoms with E-state index in [1.807, 2.05) is 0 Å². The van der Waals surface area contributed by atoms with Crippen molar-refractivity contribution in [1.29, 1.82) is 0 Å². The fourth-order valence-corrected chi connectivity index (χ4v) is 1.94. The Balaban J connectivity index is 2.36. The van der Waals surface area contributed by atoms with Crippen molar-refractivity contribution in [2.45, 2.75) is 0 Å². The topological polar surface area (TPSA) is 105 Å². The smallest absolute Gasteiger partial charge is 0.359 e. The van der Waals surface area contributed by atoms with Gasteiger partial charge in [-0.3, -0.25) is 0 Å². The molecule has 0 amide bonds. The Kier molecular flexibility index (Phi) is 5.54. The zero-order valence-corrected chi connectivity index (χ0v) is 13.7. The second-order valence-corrected chi connectivity index (χ2v) is 5.24. The van der Waals surface area contributed by atoms with E-state index in [0.717, 1.165) is 24.3 Å². The average Bonchev–Trinajstić information content (AvgIpc) is 2.57. The van der Waals surface area contributed by atoms with Gasteiger partial charge in [-0.1, -0.05) is 13.2 Å². The highest BCUT2D eigenvalue weighted by atomic mass is 19.1. The Morgan fingerprint density at radius 3 is 1.81 bits per heavy atom. The van der Waals surface area contributed by atoms with E-state index in [2.05, 4.69) is 17.9 Å². The highest BCUT2D eigenvalue weighted by Crippen LogP contribution is 2.32. The third kappa shape index (κ3) is 4.46. The summed E-state index contributed by atoms with van der Waals surface area (Å²) in [7, 11) is 0. The number of esters is 2. The number of nitrogens with two attached hydrogens (primary N) is 2. The molecule has 2 aromatic rings. The molecule has 0 spiro atoms. The molecule has 0 heterocycles. The molecule has 4 N–H and O–H groups in total. The van der Waals surface area contributed by atoms with Gasteiger partial charge < -0.3 is 20.9 Å². The molecule has 0 unspecified atom stereocenters. The number of halogens is 3. The van der Waals surface area contributed by atoms with Crippen molar-refractivity contribution in [3.05, 3.63) is 72.3 Å². The molecule has 0 radical (unpaired) electrons. The Hall–Kier alpha value is -3.75. The molecule has 27 heavy (non-hydrogen) atoms. The molecule has 0 aliphatic carbocycles. The molecule has 0 aliphatic heterocycles. The van der Waals surface area contributed by atoms with E-state index in [4.69, 9.17) is 16.2 Å². The second kappa shape index (κ2) is 7.65. The molecule has 0 bridgehead atoms. The first-order chi connectivity index (χ1) is 12.6. The lowest BCUT2D eigenvalue weighted by atomic mass is 10.0. The highest BCUT2D eigenvalue weighted by molar-refractivity contribution is 5.89. The predicted molar refractivity (Wildman–Crippen MR) is 89.7 cm³/mol. The van der Waals surface area contributed by atoms with Gasteiger partial charge in [0, 0.05) is 11.6 Å². The molecule has 140 valence electrons. The molecular weight excluding hydrogens is 365 g/mol. The SMILES string of the molecule is C=C(N)C(=O)Oc1ccc(-c2cc(F)c(OC(=O)C(=C)N)c(F)c2)c(F)c1. The van der Waals surface area contributed by atoms with E-state index in [-0.39, 0.29) is 22.6 Å². The van der Waals surface area contributed by atoms with Crippen LogP contribution in [0.5, 0.6) is 11.5 Å². The van der Waals surface area contributed by atoms with Gasteiger partial charge in [-0.15, -0.1) is 0 Å². The summed E-state index contributed by atoms with van der Waals surface area (Å²) >= 11 is 0. The summed E-state index contributed by atoms with van der Waals surface area (Å²) in [5, 5.41) is 0. The molecule has 0 saturated heterocycles. The standard InChI is InChI=1S/C18H13F3N2O4/c1-8(22)17(24)26-11-3-4-12(13(19)7-11)10-5-14(20)16(15(21)6-10)27-18(25)9(2)23/h3-7H,1-2,22-23H2. The second-order valence-electron chi connectivity index (χ2n) is 5.24. The molecule has 6 nitrogen and oxygen atoms in total. The third-order valence-electron chi connectivity index (χ3n) is 3.18. The van der Waals surface area contributed by atoms with E-state index in [1.54, 1.807) is 0 Å². The van der Waals surface area contributed by atoms with Crippen molar-refractivity contribution in [2.24, 2.45) is 11.5 Å². The quantitative estimate of drug-likeness (QED) is 0.471. The first kappa shape index (κ1) is 19.6. The number of carbonyl (C=O) groups excluding carboxylic acids is 2. The number of hydrogen-bond acceptors (Lipinski definition) is 6. The predicted octanol–water partition coefficient (Wildman–Crippen LogP) is 2.53. The van der Waals surface area contributed by atoms with Gasteiger partial charge >= 0.3 is 11.9 Å². The molecule has 0 atom stereocenters. The fraction of sp³-hybridized carbons (Fsp3) is 0. The van der Waals surface area contributed by atoms with Crippen LogP contribution in [-0.4, -0.2) is 11.9 Å². The highest BCUT2D eigenvalue weighted by Gasteiger charge is 2.19. The van der Waals surface area contributed by atoms with E-state index in [9.17, 15) is 22.8 Å². The summed E-state index contributed by atoms with van der Waals surface area (Å²) in [5.74, 6) is -6.81. The summed E-state index contributed by atoms with van der Waals surface area (Å²) in [4.78, 5) is 22.6. The summed E-state index contributed by atoms with van der Waals surface area (Å²) in [5.41, 5.74) is 8.92. The van der Waals surface area contributed by atoms with Crippen LogP contribution in [0.15, 0.2) is 54.9 Å². The van der Waals surface area contributed by atoms with E-state index < -0.39 is 40.8 Å². The first-order valence-corrected chi connectivity index (χ1v) is 7.22. The van der Waals surface area contributed by atoms with Crippen molar-refractivity contribution >= 4 is 11.9 Å². The van der Waals surface area contributed by atoms with Gasteiger partial charge in [-0.2, -0.15) is 0 Å². The number of ether oxygens (including phenoxy) is 2. The molecule has 0 aromatic heterocycles. The molecular formula is C18H13F3N2O4. The molecule has 2 rings (SSSR count). The Morgan fingerprint density at radius 2 is 1.33 bits per heavy atom. The first-order valence-electron chi connectivity index (χ1n) is 7.22. The van der Waals surface area contributed by atoms with Crippen LogP contribution in [0, 0.1) is 17.5 Å². The maximum Gasteiger partial charge on any atom is 0.359 e. The summed E-state index contributed by atoms with van der Waals surface area (Å²) in [6.45, 7) is 6.26. The Bertz CT molecular complexity index is 950. The minimum Gasteiger partial charge on any atom is -0.422 e. The monoisotopic (exact) mass is 378 g/mol. The van der Waals surface area contributed by atoms with Crippen molar-refractivity contribution in [1.82, 2.24) is 0 Å². The number of carbonyl (C=O) groups is 2. The van der Waals surface area contributed by atoms with Crippen LogP contribution in [0.1, 0.15) is 0 Å². The fourth-order valence-electron chi connectivity index (χ4n) is 1.94. The maximum atomic E-state index is 14.3. The molecule has 0 saturated carbocycles. The van der Waals surface area contributed by atoms with Crippen molar-refractivity contribution < 1.29 is 32.2 Å². The molecule has 9 heteroatoms. The lowest BCUT2D eigenvalue weighted by Crippen LogP contribution is -2.17. The van der Waals surface area contributed by atoms with E-state index in [0.29, 0.717) is 0 Å². The lowest BCUT2D eigenvalue weighted by Gasteiger charge is -2.10. The Morgan fingerprint density at radius 1 is 0.815 bits per heavy atom. The minimum atomic E-state index is -1.26. The van der Waals surface area contributed by atoms with E-state index in [1.165, 1.54) is 6.07 Å². The van der Waals surface area contributed by atoms with Gasteiger partial charge in [-0.05, 0) is 29.8 Å². The van der Waals surface area contributed by atoms with Crippen LogP contribution < -0.4 is 20.9 Å². The van der Waals surface area contributed by atoms with Crippen molar-refractivity contribution in [2.75, 3.05) is 0 Å². The van der Waals surface area contributed by atoms with Crippen LogP contribution >= 0.6 is 0 Å². The van der Waals surface area contributed by atoms with Crippen LogP contribution in [0.4, 0.5) is 13.2 Å². The van der Waals surface area contributed by atoms with Gasteiger partial charge in [0.25, 0.3) is 0 Å². The van der Waals surface area contributed by atoms with Gasteiger partial charge in [0.15, 0.2) is 11.6 Å². The van der Waals surface area contributed by atoms with Gasteiger partial charge in [0.2, 0.25) is 5.75 Å². The van der Waals surface area contributed by atoms with Crippen LogP contribution in [-0.2, 0) is 9.59 Å². The van der Waals surface area contributed by atoms with Crippen molar-refractivity contribution in [3.8, 4) is 22.6 Å². The summed E-state index contributed by atoms with van der Waals surface area (Å²) in [6.07, 6.45) is 0. The van der Waals surface area contributed by atoms with Gasteiger partial charge in [-0.25, -0.2) is 22.8 Å². The lowest BCUT2D eigenvalue weighted by molar-refractivity contribution is -0.131. The molecule has 0 fully saturated rings. The zero-order chi connectivity index (χ0) is 20.3. The summed E-state index contributed by atoms with van der Waals surface area (Å²) in [6, 6.07) is 4.69. The Labute approximate surface area is 151 Å². The third-order valence-corrected chi connectivity index (χ3v) is 3.18. The van der Waals surface area contributed by atoms with Crippen LogP contribution in [0.3, 0.4) is 0 Å². The average molecular weight is 378 g/mol. The summed E-state index contributed by atoms with van der Waals surface area (Å²) < 4.78 is 51.7. The van der Waals surface area contributed by atoms with Crippen LogP contribution in [0.2, 0.25) is 0 Å². The number of hydrogen-bond donors (Lipinski definition) is 2. The van der Waals surface area contributed by atoms with E-state index >= 15 is 0 Å². The molecule has 2 aromatic carbocycles. The zero-order valence-electron chi connectivity index (χ0n) is 13.7. The normalized spacial score (nSPS) is 10.2. The van der Waals surface area contributed by atoms with Crippen LogP contribution in [0.25, 0.3) is 11.1 Å². The number of benzene rings is 2.